The van der Waals surface area contributed by atoms with Gasteiger partial charge in [0, 0.05) is 35.9 Å². The van der Waals surface area contributed by atoms with E-state index in [-0.39, 0.29) is 42.8 Å². The van der Waals surface area contributed by atoms with E-state index >= 15 is 0 Å². The van der Waals surface area contributed by atoms with Crippen LogP contribution in [0.5, 0.6) is 23.0 Å². The first-order valence-corrected chi connectivity index (χ1v) is 14.4. The topological polar surface area (TPSA) is 113 Å². The van der Waals surface area contributed by atoms with Gasteiger partial charge in [0.15, 0.2) is 28.8 Å². The van der Waals surface area contributed by atoms with Gasteiger partial charge in [0.1, 0.15) is 6.61 Å². The van der Waals surface area contributed by atoms with E-state index < -0.39 is 11.9 Å². The first-order valence-electron chi connectivity index (χ1n) is 13.6. The lowest BCUT2D eigenvalue weighted by atomic mass is 9.71. The molecular weight excluding hydrogens is 594 g/mol. The SMILES string of the molecule is CCOCCOC(=O)C1=C(C)NC2=C(C(=O)C[C@@H](c3ccc(OC)c(OC)c3)C2)[C@H]1c1cc(Br)c(O)c(OCC)c1. The van der Waals surface area contributed by atoms with E-state index in [0.29, 0.717) is 58.0 Å². The molecule has 2 N–H and O–H groups in total. The number of aromatic hydroxyl groups is 1. The van der Waals surface area contributed by atoms with Crippen LogP contribution in [0.25, 0.3) is 0 Å². The Morgan fingerprint density at radius 2 is 1.73 bits per heavy atom. The summed E-state index contributed by atoms with van der Waals surface area (Å²) in [4.78, 5) is 27.5. The van der Waals surface area contributed by atoms with E-state index in [2.05, 4.69) is 21.2 Å². The Labute approximate surface area is 248 Å². The van der Waals surface area contributed by atoms with Crippen LogP contribution in [0.4, 0.5) is 0 Å². The van der Waals surface area contributed by atoms with Gasteiger partial charge in [-0.15, -0.1) is 0 Å². The molecule has 0 amide bonds. The molecule has 0 bridgehead atoms. The number of hydrogen-bond donors (Lipinski definition) is 2. The van der Waals surface area contributed by atoms with Crippen LogP contribution in [0, 0.1) is 0 Å². The fourth-order valence-electron chi connectivity index (χ4n) is 5.43. The van der Waals surface area contributed by atoms with E-state index in [0.717, 1.165) is 11.3 Å². The molecule has 1 aliphatic heterocycles. The van der Waals surface area contributed by atoms with E-state index in [1.54, 1.807) is 33.3 Å². The lowest BCUT2D eigenvalue weighted by molar-refractivity contribution is -0.140. The second-order valence-electron chi connectivity index (χ2n) is 9.75. The zero-order valence-electron chi connectivity index (χ0n) is 24.0. The zero-order valence-corrected chi connectivity index (χ0v) is 25.6. The van der Waals surface area contributed by atoms with Crippen LogP contribution >= 0.6 is 15.9 Å². The molecule has 1 heterocycles. The van der Waals surface area contributed by atoms with Gasteiger partial charge in [-0.1, -0.05) is 6.07 Å². The number of methoxy groups -OCH3 is 2. The number of esters is 1. The van der Waals surface area contributed by atoms with Crippen LogP contribution < -0.4 is 19.5 Å². The highest BCUT2D eigenvalue weighted by atomic mass is 79.9. The minimum atomic E-state index is -0.721. The fourth-order valence-corrected chi connectivity index (χ4v) is 5.89. The van der Waals surface area contributed by atoms with Crippen LogP contribution in [0.15, 0.2) is 57.3 Å². The number of benzene rings is 2. The van der Waals surface area contributed by atoms with E-state index in [1.165, 1.54) is 0 Å². The molecule has 0 radical (unpaired) electrons. The first kappa shape index (κ1) is 30.5. The summed E-state index contributed by atoms with van der Waals surface area (Å²) in [5.41, 5.74) is 3.76. The Balaban J connectivity index is 1.78. The van der Waals surface area contributed by atoms with Gasteiger partial charge < -0.3 is 34.1 Å². The molecule has 41 heavy (non-hydrogen) atoms. The summed E-state index contributed by atoms with van der Waals surface area (Å²) < 4.78 is 27.8. The standard InChI is InChI=1S/C31H36BrNO8/c1-6-39-10-11-41-31(36)27-17(3)33-22-13-19(18-8-9-24(37-4)25(15-18)38-5)14-23(34)29(22)28(27)20-12-21(32)30(35)26(16-20)40-7-2/h8-9,12,15-16,19,28,33,35H,6-7,10-11,13-14H2,1-5H3/t19-,28-/m0/s1. The molecule has 0 saturated carbocycles. The number of rotatable bonds is 11. The fraction of sp³-hybridized carbons (Fsp3) is 0.419. The molecule has 2 aromatic rings. The van der Waals surface area contributed by atoms with Gasteiger partial charge >= 0.3 is 5.97 Å². The lowest BCUT2D eigenvalue weighted by Gasteiger charge is -2.37. The number of allylic oxidation sites excluding steroid dienone is 3. The number of ether oxygens (including phenoxy) is 5. The Kier molecular flexibility index (Phi) is 9.99. The van der Waals surface area contributed by atoms with E-state index in [9.17, 15) is 14.7 Å². The Morgan fingerprint density at radius 1 is 1.00 bits per heavy atom. The molecular formula is C31H36BrNO8. The largest absolute Gasteiger partial charge is 0.503 e. The maximum absolute atomic E-state index is 14.0. The number of ketones is 1. The Morgan fingerprint density at radius 3 is 2.41 bits per heavy atom. The minimum Gasteiger partial charge on any atom is -0.503 e. The quantitative estimate of drug-likeness (QED) is 0.245. The monoisotopic (exact) mass is 629 g/mol. The van der Waals surface area contributed by atoms with Gasteiger partial charge in [0.25, 0.3) is 0 Å². The summed E-state index contributed by atoms with van der Waals surface area (Å²) in [5.74, 6) is -0.0377. The molecule has 2 atom stereocenters. The van der Waals surface area contributed by atoms with Crippen molar-refractivity contribution in [1.82, 2.24) is 5.32 Å². The van der Waals surface area contributed by atoms with Crippen molar-refractivity contribution in [2.75, 3.05) is 40.6 Å². The molecule has 4 rings (SSSR count). The van der Waals surface area contributed by atoms with Crippen molar-refractivity contribution in [1.29, 1.82) is 0 Å². The summed E-state index contributed by atoms with van der Waals surface area (Å²) in [6.45, 7) is 6.68. The number of carbonyl (C=O) groups is 2. The number of halogens is 1. The average molecular weight is 631 g/mol. The molecule has 0 fully saturated rings. The number of nitrogens with one attached hydrogen (secondary N) is 1. The summed E-state index contributed by atoms with van der Waals surface area (Å²) in [7, 11) is 3.16. The molecule has 10 heteroatoms. The summed E-state index contributed by atoms with van der Waals surface area (Å²) >= 11 is 3.42. The maximum atomic E-state index is 14.0. The molecule has 0 spiro atoms. The van der Waals surface area contributed by atoms with Crippen molar-refractivity contribution in [3.63, 3.8) is 0 Å². The summed E-state index contributed by atoms with van der Waals surface area (Å²) in [6.07, 6.45) is 0.796. The maximum Gasteiger partial charge on any atom is 0.336 e. The van der Waals surface area contributed by atoms with Crippen LogP contribution in [-0.4, -0.2) is 57.5 Å². The number of hydrogen-bond acceptors (Lipinski definition) is 9. The van der Waals surface area contributed by atoms with Crippen LogP contribution in [0.3, 0.4) is 0 Å². The highest BCUT2D eigenvalue weighted by Gasteiger charge is 2.42. The van der Waals surface area contributed by atoms with Gasteiger partial charge in [-0.3, -0.25) is 4.79 Å². The van der Waals surface area contributed by atoms with Gasteiger partial charge in [0.05, 0.1) is 37.5 Å². The lowest BCUT2D eigenvalue weighted by Crippen LogP contribution is -2.36. The predicted octanol–water partition coefficient (Wildman–Crippen LogP) is 5.51. The van der Waals surface area contributed by atoms with E-state index in [1.807, 2.05) is 32.0 Å². The summed E-state index contributed by atoms with van der Waals surface area (Å²) in [6, 6.07) is 9.08. The van der Waals surface area contributed by atoms with Crippen molar-refractivity contribution < 1.29 is 38.4 Å². The van der Waals surface area contributed by atoms with Gasteiger partial charge in [-0.05, 0) is 84.4 Å². The average Bonchev–Trinajstić information content (AvgIpc) is 2.96. The van der Waals surface area contributed by atoms with Crippen LogP contribution in [-0.2, 0) is 19.1 Å². The molecule has 0 saturated heterocycles. The zero-order chi connectivity index (χ0) is 29.7. The molecule has 0 aromatic heterocycles. The first-order chi connectivity index (χ1) is 19.7. The second kappa shape index (κ2) is 13.4. The highest BCUT2D eigenvalue weighted by Crippen LogP contribution is 2.48. The number of Topliss-reactive ketones (excluding diaryl/α,β-unsaturated/α-hetero) is 1. The van der Waals surface area contributed by atoms with Crippen molar-refractivity contribution in [2.24, 2.45) is 0 Å². The number of carbonyl (C=O) groups excluding carboxylic acids is 2. The van der Waals surface area contributed by atoms with Gasteiger partial charge in [0.2, 0.25) is 0 Å². The number of dihydropyridines is 1. The Bertz CT molecular complexity index is 1380. The van der Waals surface area contributed by atoms with Gasteiger partial charge in [-0.25, -0.2) is 4.79 Å². The number of phenolic OH excluding ortho intramolecular Hbond substituents is 1. The molecule has 0 unspecified atom stereocenters. The molecule has 2 aliphatic rings. The second-order valence-corrected chi connectivity index (χ2v) is 10.6. The Hall–Kier alpha value is -3.50. The molecule has 220 valence electrons. The van der Waals surface area contributed by atoms with Gasteiger partial charge in [-0.2, -0.15) is 0 Å². The van der Waals surface area contributed by atoms with E-state index in [4.69, 9.17) is 23.7 Å². The third kappa shape index (κ3) is 6.38. The number of phenols is 1. The van der Waals surface area contributed by atoms with Crippen LogP contribution in [0.2, 0.25) is 0 Å². The minimum absolute atomic E-state index is 0.0521. The van der Waals surface area contributed by atoms with Crippen molar-refractivity contribution in [2.45, 2.75) is 45.4 Å². The molecule has 1 aliphatic carbocycles. The predicted molar refractivity (Wildman–Crippen MR) is 157 cm³/mol. The normalized spacial score (nSPS) is 18.5. The molecule has 2 aromatic carbocycles. The van der Waals surface area contributed by atoms with Crippen molar-refractivity contribution >= 4 is 27.7 Å². The van der Waals surface area contributed by atoms with Crippen molar-refractivity contribution in [3.05, 3.63) is 68.5 Å². The highest BCUT2D eigenvalue weighted by molar-refractivity contribution is 9.10. The third-order valence-corrected chi connectivity index (χ3v) is 7.88. The van der Waals surface area contributed by atoms with Crippen molar-refractivity contribution in [3.8, 4) is 23.0 Å². The summed E-state index contributed by atoms with van der Waals surface area (Å²) in [5, 5.41) is 13.9. The third-order valence-electron chi connectivity index (χ3n) is 7.28. The smallest absolute Gasteiger partial charge is 0.336 e. The van der Waals surface area contributed by atoms with Crippen LogP contribution in [0.1, 0.15) is 56.6 Å². The molecule has 9 nitrogen and oxygen atoms in total.